The molecule has 1 aliphatic rings. The average molecular weight is 221 g/mol. The molecule has 1 aromatic rings. The van der Waals surface area contributed by atoms with E-state index in [1.54, 1.807) is 12.3 Å². The van der Waals surface area contributed by atoms with Gasteiger partial charge in [-0.25, -0.2) is 4.98 Å². The molecular formula is C12H13ClN2. The standard InChI is InChI=1S/C12H13ClN2/c13-11-7-8-15-12(14)10(11)6-5-9-3-1-2-4-9/h7-9H,1-4H2,(H2,14,15). The van der Waals surface area contributed by atoms with Gasteiger partial charge in [-0.3, -0.25) is 0 Å². The first-order valence-corrected chi connectivity index (χ1v) is 5.56. The molecule has 0 amide bonds. The number of aromatic nitrogens is 1. The molecule has 2 nitrogen and oxygen atoms in total. The van der Waals surface area contributed by atoms with Crippen molar-refractivity contribution in [3.05, 3.63) is 22.8 Å². The first kappa shape index (κ1) is 10.3. The quantitative estimate of drug-likeness (QED) is 0.683. The van der Waals surface area contributed by atoms with E-state index in [0.717, 1.165) is 0 Å². The maximum atomic E-state index is 5.99. The Bertz CT molecular complexity index is 391. The van der Waals surface area contributed by atoms with Crippen molar-refractivity contribution in [2.24, 2.45) is 5.92 Å². The molecule has 3 heteroatoms. The van der Waals surface area contributed by atoms with Crippen molar-refractivity contribution >= 4 is 17.4 Å². The van der Waals surface area contributed by atoms with Gasteiger partial charge in [0.05, 0.1) is 10.6 Å². The largest absolute Gasteiger partial charge is 0.383 e. The smallest absolute Gasteiger partial charge is 0.140 e. The predicted octanol–water partition coefficient (Wildman–Crippen LogP) is 2.86. The van der Waals surface area contributed by atoms with E-state index in [2.05, 4.69) is 16.8 Å². The molecule has 1 fully saturated rings. The Morgan fingerprint density at radius 3 is 2.80 bits per heavy atom. The Morgan fingerprint density at radius 2 is 2.13 bits per heavy atom. The van der Waals surface area contributed by atoms with Gasteiger partial charge >= 0.3 is 0 Å². The highest BCUT2D eigenvalue weighted by molar-refractivity contribution is 6.32. The van der Waals surface area contributed by atoms with E-state index in [1.165, 1.54) is 25.7 Å². The summed E-state index contributed by atoms with van der Waals surface area (Å²) in [5.41, 5.74) is 6.38. The summed E-state index contributed by atoms with van der Waals surface area (Å²) in [6, 6.07) is 1.72. The van der Waals surface area contributed by atoms with Crippen LogP contribution in [0.5, 0.6) is 0 Å². The summed E-state index contributed by atoms with van der Waals surface area (Å²) in [5, 5.41) is 0.591. The number of anilines is 1. The number of halogens is 1. The van der Waals surface area contributed by atoms with Crippen LogP contribution in [0.15, 0.2) is 12.3 Å². The van der Waals surface area contributed by atoms with Crippen molar-refractivity contribution in [2.45, 2.75) is 25.7 Å². The number of nitrogens with two attached hydrogens (primary N) is 1. The average Bonchev–Trinajstić information content (AvgIpc) is 2.70. The molecule has 0 radical (unpaired) electrons. The maximum Gasteiger partial charge on any atom is 0.140 e. The van der Waals surface area contributed by atoms with Gasteiger partial charge in [0.2, 0.25) is 0 Å². The van der Waals surface area contributed by atoms with Crippen LogP contribution in [0.3, 0.4) is 0 Å². The second kappa shape index (κ2) is 4.55. The molecule has 2 rings (SSSR count). The van der Waals surface area contributed by atoms with Gasteiger partial charge in [0.1, 0.15) is 5.82 Å². The predicted molar refractivity (Wildman–Crippen MR) is 62.5 cm³/mol. The fourth-order valence-corrected chi connectivity index (χ4v) is 2.02. The van der Waals surface area contributed by atoms with Gasteiger partial charge < -0.3 is 5.73 Å². The van der Waals surface area contributed by atoms with Crippen molar-refractivity contribution in [1.29, 1.82) is 0 Å². The van der Waals surface area contributed by atoms with E-state index in [4.69, 9.17) is 17.3 Å². The van der Waals surface area contributed by atoms with E-state index in [0.29, 0.717) is 22.3 Å². The Morgan fingerprint density at radius 1 is 1.40 bits per heavy atom. The summed E-state index contributed by atoms with van der Waals surface area (Å²) >= 11 is 5.99. The summed E-state index contributed by atoms with van der Waals surface area (Å²) in [4.78, 5) is 3.98. The van der Waals surface area contributed by atoms with Crippen LogP contribution < -0.4 is 5.73 Å². The second-order valence-corrected chi connectivity index (χ2v) is 4.21. The van der Waals surface area contributed by atoms with Crippen LogP contribution >= 0.6 is 11.6 Å². The topological polar surface area (TPSA) is 38.9 Å². The number of nitrogen functional groups attached to an aromatic ring is 1. The fourth-order valence-electron chi connectivity index (χ4n) is 1.82. The molecule has 1 aliphatic carbocycles. The molecule has 0 aliphatic heterocycles. The number of hydrogen-bond donors (Lipinski definition) is 1. The van der Waals surface area contributed by atoms with Crippen molar-refractivity contribution in [3.8, 4) is 11.8 Å². The molecule has 1 saturated carbocycles. The van der Waals surface area contributed by atoms with Gasteiger partial charge in [0, 0.05) is 12.1 Å². The second-order valence-electron chi connectivity index (χ2n) is 3.80. The minimum Gasteiger partial charge on any atom is -0.383 e. The Hall–Kier alpha value is -1.20. The summed E-state index contributed by atoms with van der Waals surface area (Å²) in [6.07, 6.45) is 6.57. The molecule has 1 heterocycles. The van der Waals surface area contributed by atoms with Crippen LogP contribution in [0.2, 0.25) is 5.02 Å². The van der Waals surface area contributed by atoms with Crippen molar-refractivity contribution in [2.75, 3.05) is 5.73 Å². The van der Waals surface area contributed by atoms with Crippen LogP contribution in [0, 0.1) is 17.8 Å². The monoisotopic (exact) mass is 220 g/mol. The zero-order chi connectivity index (χ0) is 10.7. The first-order chi connectivity index (χ1) is 7.27. The molecule has 0 atom stereocenters. The van der Waals surface area contributed by atoms with E-state index in [9.17, 15) is 0 Å². The van der Waals surface area contributed by atoms with Crippen LogP contribution in [0.4, 0.5) is 5.82 Å². The van der Waals surface area contributed by atoms with Gasteiger partial charge in [-0.1, -0.05) is 36.3 Å². The number of rotatable bonds is 0. The lowest BCUT2D eigenvalue weighted by molar-refractivity contribution is 0.712. The highest BCUT2D eigenvalue weighted by Crippen LogP contribution is 2.24. The molecule has 0 saturated heterocycles. The molecule has 0 bridgehead atoms. The minimum atomic E-state index is 0.424. The molecule has 0 spiro atoms. The lowest BCUT2D eigenvalue weighted by Crippen LogP contribution is -1.95. The van der Waals surface area contributed by atoms with Crippen LogP contribution in [0.1, 0.15) is 31.2 Å². The molecule has 15 heavy (non-hydrogen) atoms. The Labute approximate surface area is 94.8 Å². The van der Waals surface area contributed by atoms with E-state index in [-0.39, 0.29) is 0 Å². The van der Waals surface area contributed by atoms with Gasteiger partial charge in [0.15, 0.2) is 0 Å². The summed E-state index contributed by atoms with van der Waals surface area (Å²) in [6.45, 7) is 0. The summed E-state index contributed by atoms with van der Waals surface area (Å²) < 4.78 is 0. The molecule has 0 unspecified atom stereocenters. The SMILES string of the molecule is Nc1nccc(Cl)c1C#CC1CCCC1. The number of hydrogen-bond acceptors (Lipinski definition) is 2. The molecule has 78 valence electrons. The Kier molecular flexibility index (Phi) is 3.13. The van der Waals surface area contributed by atoms with E-state index >= 15 is 0 Å². The van der Waals surface area contributed by atoms with Gasteiger partial charge in [-0.05, 0) is 18.9 Å². The number of pyridine rings is 1. The third-order valence-corrected chi connectivity index (χ3v) is 3.00. The highest BCUT2D eigenvalue weighted by atomic mass is 35.5. The van der Waals surface area contributed by atoms with Crippen molar-refractivity contribution in [3.63, 3.8) is 0 Å². The lowest BCUT2D eigenvalue weighted by Gasteiger charge is -2.00. The van der Waals surface area contributed by atoms with Crippen LogP contribution in [-0.4, -0.2) is 4.98 Å². The summed E-state index contributed by atoms with van der Waals surface area (Å²) in [5.74, 6) is 7.22. The number of nitrogens with zero attached hydrogens (tertiary/aromatic N) is 1. The van der Waals surface area contributed by atoms with Gasteiger partial charge in [-0.15, -0.1) is 0 Å². The van der Waals surface area contributed by atoms with E-state index < -0.39 is 0 Å². The van der Waals surface area contributed by atoms with Gasteiger partial charge in [0.25, 0.3) is 0 Å². The summed E-state index contributed by atoms with van der Waals surface area (Å²) in [7, 11) is 0. The third kappa shape index (κ3) is 2.43. The van der Waals surface area contributed by atoms with Crippen LogP contribution in [0.25, 0.3) is 0 Å². The lowest BCUT2D eigenvalue weighted by atomic mass is 10.1. The molecule has 1 aromatic heterocycles. The van der Waals surface area contributed by atoms with Crippen molar-refractivity contribution < 1.29 is 0 Å². The normalized spacial score (nSPS) is 16.1. The zero-order valence-electron chi connectivity index (χ0n) is 8.46. The Balaban J connectivity index is 2.22. The molecular weight excluding hydrogens is 208 g/mol. The zero-order valence-corrected chi connectivity index (χ0v) is 9.22. The van der Waals surface area contributed by atoms with Gasteiger partial charge in [-0.2, -0.15) is 0 Å². The molecule has 0 aromatic carbocycles. The first-order valence-electron chi connectivity index (χ1n) is 5.19. The minimum absolute atomic E-state index is 0.424. The van der Waals surface area contributed by atoms with E-state index in [1.807, 2.05) is 0 Å². The third-order valence-electron chi connectivity index (χ3n) is 2.69. The molecule has 2 N–H and O–H groups in total. The van der Waals surface area contributed by atoms with Crippen LogP contribution in [-0.2, 0) is 0 Å². The highest BCUT2D eigenvalue weighted by Gasteiger charge is 2.12. The fraction of sp³-hybridized carbons (Fsp3) is 0.417. The maximum absolute atomic E-state index is 5.99. The van der Waals surface area contributed by atoms with Crippen molar-refractivity contribution in [1.82, 2.24) is 4.98 Å².